The molecule has 0 radical (unpaired) electrons. The van der Waals surface area contributed by atoms with Gasteiger partial charge < -0.3 is 5.11 Å². The van der Waals surface area contributed by atoms with E-state index in [9.17, 15) is 14.7 Å². The number of carboxylic acid groups (broad SMARTS) is 1. The van der Waals surface area contributed by atoms with E-state index >= 15 is 0 Å². The average molecular weight is 387 g/mol. The summed E-state index contributed by atoms with van der Waals surface area (Å²) < 4.78 is 0. The molecule has 0 aliphatic heterocycles. The van der Waals surface area contributed by atoms with Crippen LogP contribution in [-0.2, 0) is 9.59 Å². The van der Waals surface area contributed by atoms with Crippen LogP contribution >= 0.6 is 0 Å². The molecule has 0 aromatic rings. The van der Waals surface area contributed by atoms with Crippen molar-refractivity contribution in [2.45, 2.75) is 84.0 Å². The highest BCUT2D eigenvalue weighted by Crippen LogP contribution is 2.41. The van der Waals surface area contributed by atoms with Crippen molar-refractivity contribution in [3.63, 3.8) is 0 Å². The second-order valence-electron chi connectivity index (χ2n) is 9.53. The molecular formula is C25H38O3. The molecule has 0 amide bonds. The van der Waals surface area contributed by atoms with Crippen molar-refractivity contribution in [2.24, 2.45) is 35.5 Å². The van der Waals surface area contributed by atoms with Gasteiger partial charge >= 0.3 is 5.97 Å². The molecule has 0 aromatic carbocycles. The van der Waals surface area contributed by atoms with Gasteiger partial charge in [0.25, 0.3) is 0 Å². The highest BCUT2D eigenvalue weighted by atomic mass is 16.4. The molecule has 3 aliphatic carbocycles. The zero-order valence-corrected chi connectivity index (χ0v) is 17.5. The molecule has 0 aromatic heterocycles. The van der Waals surface area contributed by atoms with Crippen LogP contribution in [0.15, 0.2) is 24.3 Å². The Morgan fingerprint density at radius 3 is 1.50 bits per heavy atom. The molecule has 0 saturated heterocycles. The van der Waals surface area contributed by atoms with E-state index < -0.39 is 11.9 Å². The lowest BCUT2D eigenvalue weighted by Crippen LogP contribution is -2.38. The first kappa shape index (κ1) is 21.3. The monoisotopic (exact) mass is 386 g/mol. The van der Waals surface area contributed by atoms with Crippen LogP contribution in [0, 0.1) is 35.5 Å². The van der Waals surface area contributed by atoms with Crippen LogP contribution in [0.3, 0.4) is 0 Å². The van der Waals surface area contributed by atoms with Gasteiger partial charge in [0.1, 0.15) is 5.78 Å². The number of carboxylic acids is 1. The number of hydrogen-bond acceptors (Lipinski definition) is 2. The zero-order valence-electron chi connectivity index (χ0n) is 17.5. The number of Topliss-reactive ketones (excluding diaryl/α,β-unsaturated/α-hetero) is 1. The van der Waals surface area contributed by atoms with E-state index in [2.05, 4.69) is 24.3 Å². The summed E-state index contributed by atoms with van der Waals surface area (Å²) in [7, 11) is 0. The minimum absolute atomic E-state index is 0.0400. The second kappa shape index (κ2) is 10.4. The lowest BCUT2D eigenvalue weighted by Gasteiger charge is -2.37. The van der Waals surface area contributed by atoms with Crippen LogP contribution in [-0.4, -0.2) is 16.9 Å². The Hall–Kier alpha value is -1.38. The Balaban J connectivity index is 1.74. The minimum atomic E-state index is -0.800. The van der Waals surface area contributed by atoms with Crippen molar-refractivity contribution in [1.29, 1.82) is 0 Å². The smallest absolute Gasteiger partial charge is 0.307 e. The third kappa shape index (κ3) is 5.81. The van der Waals surface area contributed by atoms with Crippen LogP contribution in [0.1, 0.15) is 84.0 Å². The standard InChI is InChI=1S/C25H38O3/c1-18(26)23-16-21(14-12-19-8-4-2-5-9-19)22(17-24(23)25(27)28)15-13-20-10-6-3-7-11-20/h12-15,19-24H,2-11,16-17H2,1H3,(H,27,28). The summed E-state index contributed by atoms with van der Waals surface area (Å²) >= 11 is 0. The van der Waals surface area contributed by atoms with Crippen molar-refractivity contribution in [2.75, 3.05) is 0 Å². The van der Waals surface area contributed by atoms with Gasteiger partial charge in [0.2, 0.25) is 0 Å². The van der Waals surface area contributed by atoms with Gasteiger partial charge in [-0.05, 0) is 69.1 Å². The molecule has 1 N–H and O–H groups in total. The average Bonchev–Trinajstić information content (AvgIpc) is 2.71. The maximum atomic E-state index is 12.2. The van der Waals surface area contributed by atoms with Gasteiger partial charge in [-0.15, -0.1) is 0 Å². The molecule has 4 atom stereocenters. The van der Waals surface area contributed by atoms with E-state index in [1.807, 2.05) is 0 Å². The number of ketones is 1. The van der Waals surface area contributed by atoms with Crippen molar-refractivity contribution in [1.82, 2.24) is 0 Å². The molecule has 3 rings (SSSR count). The SMILES string of the molecule is CC(=O)C1CC(C=CC2CCCCC2)C(C=CC2CCCCC2)CC1C(=O)O. The summed E-state index contributed by atoms with van der Waals surface area (Å²) in [5.74, 6) is 0.250. The first-order chi connectivity index (χ1) is 13.5. The third-order valence-electron chi connectivity index (χ3n) is 7.49. The molecule has 3 aliphatic rings. The van der Waals surface area contributed by atoms with Crippen molar-refractivity contribution < 1.29 is 14.7 Å². The highest BCUT2D eigenvalue weighted by Gasteiger charge is 2.41. The number of carbonyl (C=O) groups is 2. The van der Waals surface area contributed by atoms with Gasteiger partial charge in [0.15, 0.2) is 0 Å². The molecule has 3 saturated carbocycles. The molecule has 0 spiro atoms. The Labute approximate surface area is 170 Å². The second-order valence-corrected chi connectivity index (χ2v) is 9.53. The maximum absolute atomic E-state index is 12.2. The van der Waals surface area contributed by atoms with E-state index in [-0.39, 0.29) is 17.6 Å². The predicted octanol–water partition coefficient (Wildman–Crippen LogP) is 6.19. The fraction of sp³-hybridized carbons (Fsp3) is 0.760. The summed E-state index contributed by atoms with van der Waals surface area (Å²) in [6, 6.07) is 0. The fourth-order valence-corrected chi connectivity index (χ4v) is 5.68. The van der Waals surface area contributed by atoms with Crippen LogP contribution in [0.2, 0.25) is 0 Å². The minimum Gasteiger partial charge on any atom is -0.481 e. The van der Waals surface area contributed by atoms with Gasteiger partial charge in [0.05, 0.1) is 5.92 Å². The number of hydrogen-bond donors (Lipinski definition) is 1. The molecule has 156 valence electrons. The van der Waals surface area contributed by atoms with E-state index in [4.69, 9.17) is 0 Å². The molecule has 3 nitrogen and oxygen atoms in total. The van der Waals surface area contributed by atoms with Gasteiger partial charge in [-0.1, -0.05) is 62.8 Å². The highest BCUT2D eigenvalue weighted by molar-refractivity contribution is 5.84. The molecule has 3 heteroatoms. The Bertz CT molecular complexity index is 527. The van der Waals surface area contributed by atoms with Gasteiger partial charge in [0, 0.05) is 5.92 Å². The molecule has 0 bridgehead atoms. The Morgan fingerprint density at radius 2 is 1.11 bits per heavy atom. The summed E-state index contributed by atoms with van der Waals surface area (Å²) in [4.78, 5) is 24.0. The molecule has 28 heavy (non-hydrogen) atoms. The molecule has 0 heterocycles. The van der Waals surface area contributed by atoms with E-state index in [0.29, 0.717) is 30.6 Å². The lowest BCUT2D eigenvalue weighted by molar-refractivity contribution is -0.149. The van der Waals surface area contributed by atoms with Crippen LogP contribution in [0.5, 0.6) is 0 Å². The van der Waals surface area contributed by atoms with Gasteiger partial charge in [-0.2, -0.15) is 0 Å². The van der Waals surface area contributed by atoms with Crippen molar-refractivity contribution >= 4 is 11.8 Å². The summed E-state index contributed by atoms with van der Waals surface area (Å²) in [5, 5.41) is 9.72. The van der Waals surface area contributed by atoms with Crippen LogP contribution in [0.25, 0.3) is 0 Å². The van der Waals surface area contributed by atoms with E-state index in [1.165, 1.54) is 64.2 Å². The number of carbonyl (C=O) groups excluding carboxylic acids is 1. The van der Waals surface area contributed by atoms with Crippen LogP contribution < -0.4 is 0 Å². The van der Waals surface area contributed by atoms with Crippen molar-refractivity contribution in [3.05, 3.63) is 24.3 Å². The summed E-state index contributed by atoms with van der Waals surface area (Å²) in [5.41, 5.74) is 0. The Morgan fingerprint density at radius 1 is 0.679 bits per heavy atom. The Kier molecular flexibility index (Phi) is 7.93. The quantitative estimate of drug-likeness (QED) is 0.554. The van der Waals surface area contributed by atoms with Gasteiger partial charge in [-0.25, -0.2) is 0 Å². The normalized spacial score (nSPS) is 33.5. The summed E-state index contributed by atoms with van der Waals surface area (Å²) in [6.45, 7) is 1.57. The predicted molar refractivity (Wildman–Crippen MR) is 113 cm³/mol. The molecule has 3 fully saturated rings. The number of allylic oxidation sites excluding steroid dienone is 4. The first-order valence-electron chi connectivity index (χ1n) is 11.6. The topological polar surface area (TPSA) is 54.4 Å². The largest absolute Gasteiger partial charge is 0.481 e. The lowest BCUT2D eigenvalue weighted by atomic mass is 9.66. The third-order valence-corrected chi connectivity index (χ3v) is 7.49. The number of aliphatic carboxylic acids is 1. The maximum Gasteiger partial charge on any atom is 0.307 e. The van der Waals surface area contributed by atoms with Crippen LogP contribution in [0.4, 0.5) is 0 Å². The number of rotatable bonds is 6. The fourth-order valence-electron chi connectivity index (χ4n) is 5.68. The zero-order chi connectivity index (χ0) is 19.9. The summed E-state index contributed by atoms with van der Waals surface area (Å²) in [6.07, 6.45) is 23.8. The van der Waals surface area contributed by atoms with E-state index in [1.54, 1.807) is 6.92 Å². The molecule has 4 unspecified atom stereocenters. The van der Waals surface area contributed by atoms with Crippen molar-refractivity contribution in [3.8, 4) is 0 Å². The van der Waals surface area contributed by atoms with Gasteiger partial charge in [-0.3, -0.25) is 9.59 Å². The molecular weight excluding hydrogens is 348 g/mol. The van der Waals surface area contributed by atoms with E-state index in [0.717, 1.165) is 0 Å². The first-order valence-corrected chi connectivity index (χ1v) is 11.6.